The molecule has 0 amide bonds. The van der Waals surface area contributed by atoms with E-state index in [2.05, 4.69) is 48.5 Å². The number of aldehydes is 1. The van der Waals surface area contributed by atoms with Gasteiger partial charge in [0.2, 0.25) is 0 Å². The Labute approximate surface area is 168 Å². The Balaban J connectivity index is 1.69. The molecule has 0 spiro atoms. The lowest BCUT2D eigenvalue weighted by Crippen LogP contribution is -2.62. The number of fused-ring (bicyclic) bond motifs is 5. The highest BCUT2D eigenvalue weighted by Crippen LogP contribution is 2.75. The first-order valence-corrected chi connectivity index (χ1v) is 11.9. The van der Waals surface area contributed by atoms with Gasteiger partial charge in [-0.2, -0.15) is 0 Å². The van der Waals surface area contributed by atoms with Crippen LogP contribution in [-0.4, -0.2) is 6.29 Å². The van der Waals surface area contributed by atoms with E-state index in [9.17, 15) is 4.79 Å². The van der Waals surface area contributed by atoms with E-state index in [4.69, 9.17) is 0 Å². The molecule has 0 aromatic rings. The van der Waals surface area contributed by atoms with Gasteiger partial charge in [-0.05, 0) is 102 Å². The molecule has 0 aromatic heterocycles. The Morgan fingerprint density at radius 3 is 2.07 bits per heavy atom. The lowest BCUT2D eigenvalue weighted by atomic mass is 9.36. The van der Waals surface area contributed by atoms with Gasteiger partial charge in [-0.25, -0.2) is 0 Å². The molecule has 0 heterocycles. The normalized spacial score (nSPS) is 53.1. The second-order valence-electron chi connectivity index (χ2n) is 13.0. The Morgan fingerprint density at radius 1 is 0.741 bits per heavy atom. The summed E-state index contributed by atoms with van der Waals surface area (Å²) in [6.45, 7) is 18.1. The first kappa shape index (κ1) is 20.0. The summed E-state index contributed by atoms with van der Waals surface area (Å²) in [6.07, 6.45) is 13.1. The van der Waals surface area contributed by atoms with Crippen LogP contribution in [0, 0.1) is 50.7 Å². The molecular formula is C26H44O. The van der Waals surface area contributed by atoms with Crippen molar-refractivity contribution in [1.82, 2.24) is 0 Å². The van der Waals surface area contributed by atoms with Gasteiger partial charge in [0, 0.05) is 6.42 Å². The van der Waals surface area contributed by atoms with Crippen molar-refractivity contribution >= 4 is 6.29 Å². The summed E-state index contributed by atoms with van der Waals surface area (Å²) in [7, 11) is 0. The van der Waals surface area contributed by atoms with E-state index in [1.807, 2.05) is 0 Å². The van der Waals surface area contributed by atoms with Gasteiger partial charge in [0.05, 0.1) is 0 Å². The fourth-order valence-corrected chi connectivity index (χ4v) is 9.40. The molecule has 0 aliphatic heterocycles. The lowest BCUT2D eigenvalue weighted by Gasteiger charge is -2.69. The van der Waals surface area contributed by atoms with Gasteiger partial charge in [0.15, 0.2) is 0 Å². The molecule has 27 heavy (non-hydrogen) atoms. The van der Waals surface area contributed by atoms with Crippen molar-refractivity contribution in [3.8, 4) is 0 Å². The van der Waals surface area contributed by atoms with Crippen LogP contribution >= 0.6 is 0 Å². The Morgan fingerprint density at radius 2 is 1.41 bits per heavy atom. The first-order chi connectivity index (χ1) is 12.4. The lowest BCUT2D eigenvalue weighted by molar-refractivity contribution is -0.202. The third-order valence-corrected chi connectivity index (χ3v) is 12.2. The van der Waals surface area contributed by atoms with Crippen LogP contribution in [0.3, 0.4) is 0 Å². The average molecular weight is 373 g/mol. The van der Waals surface area contributed by atoms with E-state index >= 15 is 0 Å². The summed E-state index contributed by atoms with van der Waals surface area (Å²) < 4.78 is 0. The maximum atomic E-state index is 11.3. The number of hydrogen-bond donors (Lipinski definition) is 0. The fraction of sp³-hybridized carbons (Fsp3) is 0.962. The molecule has 4 aliphatic carbocycles. The van der Waals surface area contributed by atoms with Crippen molar-refractivity contribution in [1.29, 1.82) is 0 Å². The largest absolute Gasteiger partial charge is 0.303 e. The smallest absolute Gasteiger partial charge is 0.120 e. The highest BCUT2D eigenvalue weighted by atomic mass is 16.1. The molecule has 1 heteroatoms. The topological polar surface area (TPSA) is 17.1 Å². The SMILES string of the molecule is CC1(C)CC[C@]2(C)C3CC[C@]4(C)[C@@H](CC=O)CC[C@@]4(C)C3CCC2C1(C)C. The van der Waals surface area contributed by atoms with Gasteiger partial charge in [-0.1, -0.05) is 48.5 Å². The molecule has 0 aromatic carbocycles. The number of carbonyl (C=O) groups excluding carboxylic acids is 1. The zero-order chi connectivity index (χ0) is 19.9. The van der Waals surface area contributed by atoms with Crippen LogP contribution < -0.4 is 0 Å². The fourth-order valence-electron chi connectivity index (χ4n) is 9.40. The van der Waals surface area contributed by atoms with Crippen LogP contribution in [0.4, 0.5) is 0 Å². The molecule has 0 bridgehead atoms. The molecule has 0 N–H and O–H groups in total. The third kappa shape index (κ3) is 2.32. The van der Waals surface area contributed by atoms with Crippen LogP contribution in [0.5, 0.6) is 0 Å². The van der Waals surface area contributed by atoms with Crippen LogP contribution in [-0.2, 0) is 4.79 Å². The van der Waals surface area contributed by atoms with Gasteiger partial charge >= 0.3 is 0 Å². The molecule has 4 saturated carbocycles. The van der Waals surface area contributed by atoms with Crippen LogP contribution in [0.1, 0.15) is 106 Å². The minimum atomic E-state index is 0.391. The molecule has 7 atom stereocenters. The Kier molecular flexibility index (Phi) is 4.33. The van der Waals surface area contributed by atoms with E-state index in [-0.39, 0.29) is 0 Å². The summed E-state index contributed by atoms with van der Waals surface area (Å²) in [5, 5.41) is 0. The van der Waals surface area contributed by atoms with E-state index in [0.717, 1.165) is 24.2 Å². The minimum Gasteiger partial charge on any atom is -0.303 e. The highest BCUT2D eigenvalue weighted by molar-refractivity contribution is 5.50. The van der Waals surface area contributed by atoms with Crippen molar-refractivity contribution in [3.63, 3.8) is 0 Å². The number of hydrogen-bond acceptors (Lipinski definition) is 1. The number of carbonyl (C=O) groups is 1. The maximum Gasteiger partial charge on any atom is 0.120 e. The second-order valence-corrected chi connectivity index (χ2v) is 13.0. The highest BCUT2D eigenvalue weighted by Gasteiger charge is 2.67. The average Bonchev–Trinajstić information content (AvgIpc) is 2.85. The van der Waals surface area contributed by atoms with Crippen LogP contribution in [0.2, 0.25) is 0 Å². The number of rotatable bonds is 2. The summed E-state index contributed by atoms with van der Waals surface area (Å²) in [6, 6.07) is 0. The van der Waals surface area contributed by atoms with Crippen molar-refractivity contribution in [2.75, 3.05) is 0 Å². The first-order valence-electron chi connectivity index (χ1n) is 11.9. The standard InChI is InChI=1S/C26H44O/c1-22(2)15-16-24(5)19-11-14-25(6)18(12-17-27)10-13-26(25,7)20(19)8-9-21(24)23(22,3)4/h17-21H,8-16H2,1-7H3/t18-,19?,20?,21?,24-,25-,26+/m1/s1. The molecule has 154 valence electrons. The third-order valence-electron chi connectivity index (χ3n) is 12.2. The summed E-state index contributed by atoms with van der Waals surface area (Å²) in [5.74, 6) is 3.29. The molecule has 4 aliphatic rings. The van der Waals surface area contributed by atoms with E-state index in [0.29, 0.717) is 33.0 Å². The van der Waals surface area contributed by atoms with Crippen molar-refractivity contribution in [2.45, 2.75) is 106 Å². The van der Waals surface area contributed by atoms with Crippen LogP contribution in [0.25, 0.3) is 0 Å². The van der Waals surface area contributed by atoms with Gasteiger partial charge in [-0.15, -0.1) is 0 Å². The predicted molar refractivity (Wildman–Crippen MR) is 113 cm³/mol. The molecule has 4 rings (SSSR count). The van der Waals surface area contributed by atoms with Crippen molar-refractivity contribution < 1.29 is 4.79 Å². The summed E-state index contributed by atoms with van der Waals surface area (Å²) in [4.78, 5) is 11.3. The monoisotopic (exact) mass is 372 g/mol. The summed E-state index contributed by atoms with van der Waals surface area (Å²) in [5.41, 5.74) is 2.26. The zero-order valence-corrected chi connectivity index (χ0v) is 19.2. The maximum absolute atomic E-state index is 11.3. The zero-order valence-electron chi connectivity index (χ0n) is 19.2. The molecule has 4 fully saturated rings. The van der Waals surface area contributed by atoms with E-state index < -0.39 is 0 Å². The van der Waals surface area contributed by atoms with Crippen LogP contribution in [0.15, 0.2) is 0 Å². The molecule has 3 unspecified atom stereocenters. The van der Waals surface area contributed by atoms with E-state index in [1.165, 1.54) is 57.7 Å². The van der Waals surface area contributed by atoms with E-state index in [1.54, 1.807) is 0 Å². The van der Waals surface area contributed by atoms with Gasteiger partial charge in [0.1, 0.15) is 6.29 Å². The predicted octanol–water partition coefficient (Wildman–Crippen LogP) is 7.29. The van der Waals surface area contributed by atoms with Gasteiger partial charge in [0.25, 0.3) is 0 Å². The quantitative estimate of drug-likeness (QED) is 0.465. The van der Waals surface area contributed by atoms with Crippen molar-refractivity contribution in [3.05, 3.63) is 0 Å². The van der Waals surface area contributed by atoms with Crippen molar-refractivity contribution in [2.24, 2.45) is 50.7 Å². The second kappa shape index (κ2) is 5.85. The minimum absolute atomic E-state index is 0.391. The molecule has 0 saturated heterocycles. The molecular weight excluding hydrogens is 328 g/mol. The Hall–Kier alpha value is -0.330. The van der Waals surface area contributed by atoms with Gasteiger partial charge in [-0.3, -0.25) is 0 Å². The molecule has 0 radical (unpaired) electrons. The Bertz CT molecular complexity index is 618. The summed E-state index contributed by atoms with van der Waals surface area (Å²) >= 11 is 0. The van der Waals surface area contributed by atoms with Gasteiger partial charge < -0.3 is 4.79 Å². The molecule has 1 nitrogen and oxygen atoms in total.